The molecule has 0 bridgehead atoms. The minimum Gasteiger partial charge on any atom is -0.497 e. The molecule has 2 N–H and O–H groups in total. The van der Waals surface area contributed by atoms with Crippen LogP contribution in [0.1, 0.15) is 12.5 Å². The van der Waals surface area contributed by atoms with Gasteiger partial charge < -0.3 is 15.3 Å². The monoisotopic (exact) mass is 208 g/mol. The molecule has 0 aliphatic rings. The van der Waals surface area contributed by atoms with E-state index >= 15 is 0 Å². The average Bonchev–Trinajstić information content (AvgIpc) is 2.29. The van der Waals surface area contributed by atoms with Crippen molar-refractivity contribution in [2.75, 3.05) is 20.3 Å². The summed E-state index contributed by atoms with van der Waals surface area (Å²) in [6.45, 7) is 2.80. The number of hydrogen-bond donors (Lipinski definition) is 1. The fraction of sp³-hybridized carbons (Fsp3) is 0.364. The lowest BCUT2D eigenvalue weighted by Crippen LogP contribution is -2.06. The van der Waals surface area contributed by atoms with E-state index in [1.54, 1.807) is 7.11 Å². The topological polar surface area (TPSA) is 56.8 Å². The molecule has 0 aliphatic heterocycles. The van der Waals surface area contributed by atoms with Crippen molar-refractivity contribution in [1.82, 2.24) is 0 Å². The van der Waals surface area contributed by atoms with Crippen LogP contribution in [0, 0.1) is 0 Å². The van der Waals surface area contributed by atoms with Crippen molar-refractivity contribution in [2.24, 2.45) is 10.9 Å². The third kappa shape index (κ3) is 3.59. The van der Waals surface area contributed by atoms with Crippen LogP contribution in [0.3, 0.4) is 0 Å². The number of methoxy groups -OCH3 is 1. The van der Waals surface area contributed by atoms with Crippen LogP contribution in [0.4, 0.5) is 0 Å². The van der Waals surface area contributed by atoms with Gasteiger partial charge in [0.15, 0.2) is 0 Å². The van der Waals surface area contributed by atoms with Crippen molar-refractivity contribution in [1.29, 1.82) is 0 Å². The predicted molar refractivity (Wildman–Crippen MR) is 60.2 cm³/mol. The molecular formula is C11H16N2O2. The van der Waals surface area contributed by atoms with Crippen LogP contribution in [0.15, 0.2) is 29.4 Å². The van der Waals surface area contributed by atoms with E-state index < -0.39 is 0 Å². The Morgan fingerprint density at radius 3 is 2.53 bits per heavy atom. The fourth-order valence-corrected chi connectivity index (χ4v) is 1.08. The maximum Gasteiger partial charge on any atom is 0.129 e. The molecule has 0 atom stereocenters. The van der Waals surface area contributed by atoms with Gasteiger partial charge in [0.2, 0.25) is 0 Å². The summed E-state index contributed by atoms with van der Waals surface area (Å²) in [5.41, 5.74) is 7.11. The van der Waals surface area contributed by atoms with E-state index in [0.29, 0.717) is 13.2 Å². The van der Waals surface area contributed by atoms with Gasteiger partial charge in [-0.15, -0.1) is 0 Å². The fourth-order valence-electron chi connectivity index (χ4n) is 1.08. The molecule has 0 spiro atoms. The molecule has 1 rings (SSSR count). The van der Waals surface area contributed by atoms with Gasteiger partial charge in [0, 0.05) is 6.54 Å². The first kappa shape index (κ1) is 11.5. The second-order valence-electron chi connectivity index (χ2n) is 3.03. The van der Waals surface area contributed by atoms with Crippen molar-refractivity contribution in [3.8, 4) is 5.75 Å². The second kappa shape index (κ2) is 6.03. The van der Waals surface area contributed by atoms with Crippen molar-refractivity contribution in [3.05, 3.63) is 29.8 Å². The van der Waals surface area contributed by atoms with Gasteiger partial charge in [-0.1, -0.05) is 5.16 Å². The van der Waals surface area contributed by atoms with Crippen LogP contribution in [-0.4, -0.2) is 26.0 Å². The van der Waals surface area contributed by atoms with E-state index in [2.05, 4.69) is 5.16 Å². The number of nitrogens with zero attached hydrogens (tertiary/aromatic N) is 1. The predicted octanol–water partition coefficient (Wildman–Crippen LogP) is 1.39. The number of rotatable bonds is 5. The average molecular weight is 208 g/mol. The summed E-state index contributed by atoms with van der Waals surface area (Å²) in [7, 11) is 1.64. The van der Waals surface area contributed by atoms with Gasteiger partial charge >= 0.3 is 0 Å². The van der Waals surface area contributed by atoms with E-state index in [1.807, 2.05) is 31.2 Å². The Morgan fingerprint density at radius 2 is 2.00 bits per heavy atom. The smallest absolute Gasteiger partial charge is 0.129 e. The van der Waals surface area contributed by atoms with Gasteiger partial charge in [0.05, 0.1) is 12.8 Å². The van der Waals surface area contributed by atoms with Gasteiger partial charge in [-0.05, 0) is 36.8 Å². The normalized spacial score (nSPS) is 11.3. The van der Waals surface area contributed by atoms with Gasteiger partial charge in [0.25, 0.3) is 0 Å². The largest absolute Gasteiger partial charge is 0.497 e. The molecule has 0 amide bonds. The Bertz CT molecular complexity index is 320. The Kier molecular flexibility index (Phi) is 4.63. The van der Waals surface area contributed by atoms with Crippen molar-refractivity contribution in [3.63, 3.8) is 0 Å². The summed E-state index contributed by atoms with van der Waals surface area (Å²) in [5, 5.41) is 3.94. The van der Waals surface area contributed by atoms with E-state index in [1.165, 1.54) is 0 Å². The molecule has 4 nitrogen and oxygen atoms in total. The Hall–Kier alpha value is -1.55. The minimum atomic E-state index is 0.438. The highest BCUT2D eigenvalue weighted by molar-refractivity contribution is 5.98. The highest BCUT2D eigenvalue weighted by atomic mass is 16.6. The molecule has 4 heteroatoms. The number of nitrogens with two attached hydrogens (primary N) is 1. The van der Waals surface area contributed by atoms with E-state index in [-0.39, 0.29) is 0 Å². The van der Waals surface area contributed by atoms with Gasteiger partial charge in [0.1, 0.15) is 12.4 Å². The molecule has 82 valence electrons. The third-order valence-corrected chi connectivity index (χ3v) is 1.92. The van der Waals surface area contributed by atoms with Crippen molar-refractivity contribution in [2.45, 2.75) is 6.92 Å². The lowest BCUT2D eigenvalue weighted by atomic mass is 10.1. The molecule has 0 heterocycles. The lowest BCUT2D eigenvalue weighted by molar-refractivity contribution is 0.152. The van der Waals surface area contributed by atoms with Crippen molar-refractivity contribution < 1.29 is 9.57 Å². The van der Waals surface area contributed by atoms with Gasteiger partial charge in [-0.2, -0.15) is 0 Å². The molecule has 0 unspecified atom stereocenters. The van der Waals surface area contributed by atoms with Crippen LogP contribution in [0.5, 0.6) is 5.75 Å². The number of benzene rings is 1. The zero-order valence-corrected chi connectivity index (χ0v) is 9.06. The van der Waals surface area contributed by atoms with Gasteiger partial charge in [-0.3, -0.25) is 0 Å². The molecule has 0 aromatic heterocycles. The van der Waals surface area contributed by atoms with Crippen LogP contribution in [0.25, 0.3) is 0 Å². The Morgan fingerprint density at radius 1 is 1.33 bits per heavy atom. The standard InChI is InChI=1S/C11H16N2O2/c1-9(13-15-8-7-12)10-3-5-11(14-2)6-4-10/h3-6H,7-8,12H2,1-2H3. The zero-order chi connectivity index (χ0) is 11.1. The quantitative estimate of drug-likeness (QED) is 0.452. The Labute approximate surface area is 89.7 Å². The summed E-state index contributed by atoms with van der Waals surface area (Å²) in [6.07, 6.45) is 0. The van der Waals surface area contributed by atoms with E-state index in [9.17, 15) is 0 Å². The molecule has 15 heavy (non-hydrogen) atoms. The summed E-state index contributed by atoms with van der Waals surface area (Å²) in [5.74, 6) is 0.828. The van der Waals surface area contributed by atoms with Crippen LogP contribution in [-0.2, 0) is 4.84 Å². The minimum absolute atomic E-state index is 0.438. The third-order valence-electron chi connectivity index (χ3n) is 1.92. The summed E-state index contributed by atoms with van der Waals surface area (Å²) in [4.78, 5) is 4.99. The number of hydrogen-bond acceptors (Lipinski definition) is 4. The lowest BCUT2D eigenvalue weighted by Gasteiger charge is -2.03. The van der Waals surface area contributed by atoms with E-state index in [0.717, 1.165) is 17.0 Å². The highest BCUT2D eigenvalue weighted by Gasteiger charge is 1.98. The first-order valence-electron chi connectivity index (χ1n) is 4.79. The van der Waals surface area contributed by atoms with Crippen molar-refractivity contribution >= 4 is 5.71 Å². The molecule has 1 aromatic rings. The first-order chi connectivity index (χ1) is 7.27. The number of oxime groups is 1. The molecule has 0 saturated carbocycles. The first-order valence-corrected chi connectivity index (χ1v) is 4.79. The molecule has 0 fully saturated rings. The SMILES string of the molecule is COc1ccc(C(C)=NOCCN)cc1. The summed E-state index contributed by atoms with van der Waals surface area (Å²) < 4.78 is 5.06. The molecule has 0 aliphatic carbocycles. The van der Waals surface area contributed by atoms with Crippen LogP contribution < -0.4 is 10.5 Å². The van der Waals surface area contributed by atoms with Crippen LogP contribution in [0.2, 0.25) is 0 Å². The number of ether oxygens (including phenoxy) is 1. The van der Waals surface area contributed by atoms with Crippen LogP contribution >= 0.6 is 0 Å². The maximum absolute atomic E-state index is 5.28. The molecular weight excluding hydrogens is 192 g/mol. The summed E-state index contributed by atoms with van der Waals surface area (Å²) in [6, 6.07) is 7.64. The zero-order valence-electron chi connectivity index (χ0n) is 9.06. The highest BCUT2D eigenvalue weighted by Crippen LogP contribution is 2.11. The molecule has 0 radical (unpaired) electrons. The molecule has 1 aromatic carbocycles. The van der Waals surface area contributed by atoms with E-state index in [4.69, 9.17) is 15.3 Å². The molecule has 0 saturated heterocycles. The summed E-state index contributed by atoms with van der Waals surface area (Å²) >= 11 is 0. The second-order valence-corrected chi connectivity index (χ2v) is 3.03. The maximum atomic E-state index is 5.28. The van der Waals surface area contributed by atoms with Gasteiger partial charge in [-0.25, -0.2) is 0 Å². The Balaban J connectivity index is 2.65.